The Bertz CT molecular complexity index is 3240. The van der Waals surface area contributed by atoms with Crippen molar-refractivity contribution in [2.75, 3.05) is 0 Å². The average molecular weight is 700 g/mol. The fourth-order valence-electron chi connectivity index (χ4n) is 8.69. The number of para-hydroxylation sites is 1. The van der Waals surface area contributed by atoms with Crippen LogP contribution in [0.25, 0.3) is 105 Å². The van der Waals surface area contributed by atoms with Crippen molar-refractivity contribution in [2.24, 2.45) is 0 Å². The SMILES string of the molecule is c1ccc(-c2c3ccccc3c(-c3ccccc3)c3cc(-c4cccc(-c5cc6c7cnccc7n(-c7ccccc7)c6c6ccccc56)n4)ccc23)cc1. The van der Waals surface area contributed by atoms with Crippen LogP contribution >= 0.6 is 0 Å². The predicted octanol–water partition coefficient (Wildman–Crippen LogP) is 13.7. The highest BCUT2D eigenvalue weighted by Crippen LogP contribution is 2.45. The number of benzene rings is 8. The van der Waals surface area contributed by atoms with Gasteiger partial charge in [0.05, 0.1) is 22.4 Å². The molecule has 0 aliphatic rings. The van der Waals surface area contributed by atoms with Gasteiger partial charge in [-0.3, -0.25) is 4.98 Å². The van der Waals surface area contributed by atoms with Crippen LogP contribution in [0.15, 0.2) is 200 Å². The molecule has 0 aliphatic carbocycles. The third kappa shape index (κ3) is 4.98. The molecule has 0 bridgehead atoms. The molecule has 0 unspecified atom stereocenters. The van der Waals surface area contributed by atoms with Crippen molar-refractivity contribution in [3.63, 3.8) is 0 Å². The van der Waals surface area contributed by atoms with Crippen LogP contribution in [0.2, 0.25) is 0 Å². The summed E-state index contributed by atoms with van der Waals surface area (Å²) in [5.41, 5.74) is 12.4. The van der Waals surface area contributed by atoms with E-state index in [0.29, 0.717) is 0 Å². The van der Waals surface area contributed by atoms with E-state index in [1.807, 2.05) is 12.4 Å². The molecule has 11 aromatic rings. The van der Waals surface area contributed by atoms with Gasteiger partial charge in [0.15, 0.2) is 0 Å². The number of rotatable bonds is 5. The molecule has 55 heavy (non-hydrogen) atoms. The molecule has 0 atom stereocenters. The van der Waals surface area contributed by atoms with Crippen molar-refractivity contribution in [3.05, 3.63) is 200 Å². The van der Waals surface area contributed by atoms with Gasteiger partial charge in [-0.1, -0.05) is 146 Å². The predicted molar refractivity (Wildman–Crippen MR) is 231 cm³/mol. The largest absolute Gasteiger partial charge is 0.309 e. The second kappa shape index (κ2) is 12.6. The number of aromatic nitrogens is 3. The average Bonchev–Trinajstić information content (AvgIpc) is 3.60. The number of fused-ring (bicyclic) bond motifs is 7. The molecule has 0 fully saturated rings. The first-order valence-corrected chi connectivity index (χ1v) is 18.7. The summed E-state index contributed by atoms with van der Waals surface area (Å²) in [7, 11) is 0. The quantitative estimate of drug-likeness (QED) is 0.167. The van der Waals surface area contributed by atoms with E-state index in [1.165, 1.54) is 54.7 Å². The fraction of sp³-hybridized carbons (Fsp3) is 0. The Kier molecular flexibility index (Phi) is 7.17. The van der Waals surface area contributed by atoms with Gasteiger partial charge in [-0.2, -0.15) is 0 Å². The van der Waals surface area contributed by atoms with Crippen LogP contribution in [0.3, 0.4) is 0 Å². The molecule has 0 radical (unpaired) electrons. The van der Waals surface area contributed by atoms with Gasteiger partial charge in [0.25, 0.3) is 0 Å². The summed E-state index contributed by atoms with van der Waals surface area (Å²) in [6.07, 6.45) is 3.87. The Morgan fingerprint density at radius 2 is 0.945 bits per heavy atom. The first-order valence-electron chi connectivity index (χ1n) is 18.7. The standard InChI is InChI=1S/C52H33N3/c1-4-15-34(16-5-1)50-39-22-11-12-23-40(39)51(35-17-6-2-7-18-35)44-31-36(27-28-41(44)50)47-25-14-26-48(54-47)43-32-45-46-33-53-30-29-49(46)55(37-19-8-3-9-20-37)52(45)42-24-13-10-21-38(42)43/h1-33H. The first kappa shape index (κ1) is 31.2. The Morgan fingerprint density at radius 1 is 0.364 bits per heavy atom. The zero-order valence-electron chi connectivity index (χ0n) is 29.9. The lowest BCUT2D eigenvalue weighted by Gasteiger charge is -2.18. The first-order chi connectivity index (χ1) is 27.3. The minimum atomic E-state index is 0.936. The maximum absolute atomic E-state index is 5.44. The molecular formula is C52H33N3. The maximum atomic E-state index is 5.44. The third-order valence-electron chi connectivity index (χ3n) is 11.1. The maximum Gasteiger partial charge on any atom is 0.0716 e. The highest BCUT2D eigenvalue weighted by molar-refractivity contribution is 6.23. The molecule has 0 amide bonds. The second-order valence-electron chi connectivity index (χ2n) is 14.1. The highest BCUT2D eigenvalue weighted by atomic mass is 15.0. The van der Waals surface area contributed by atoms with Crippen molar-refractivity contribution in [2.45, 2.75) is 0 Å². The molecule has 0 saturated heterocycles. The van der Waals surface area contributed by atoms with Gasteiger partial charge in [0.2, 0.25) is 0 Å². The molecule has 11 rings (SSSR count). The summed E-state index contributed by atoms with van der Waals surface area (Å²) in [4.78, 5) is 10.0. The van der Waals surface area contributed by atoms with Crippen LogP contribution in [-0.4, -0.2) is 14.5 Å². The van der Waals surface area contributed by atoms with Crippen molar-refractivity contribution in [1.29, 1.82) is 0 Å². The van der Waals surface area contributed by atoms with Crippen molar-refractivity contribution in [1.82, 2.24) is 14.5 Å². The monoisotopic (exact) mass is 699 g/mol. The fourth-order valence-corrected chi connectivity index (χ4v) is 8.69. The molecule has 3 heteroatoms. The van der Waals surface area contributed by atoms with Crippen molar-refractivity contribution >= 4 is 54.1 Å². The second-order valence-corrected chi connectivity index (χ2v) is 14.1. The minimum Gasteiger partial charge on any atom is -0.309 e. The molecule has 0 aliphatic heterocycles. The smallest absolute Gasteiger partial charge is 0.0716 e. The van der Waals surface area contributed by atoms with E-state index >= 15 is 0 Å². The molecule has 0 N–H and O–H groups in total. The van der Waals surface area contributed by atoms with Crippen LogP contribution in [0, 0.1) is 0 Å². The van der Waals surface area contributed by atoms with Gasteiger partial charge < -0.3 is 4.57 Å². The van der Waals surface area contributed by atoms with Gasteiger partial charge in [-0.15, -0.1) is 0 Å². The Labute approximate surface area is 318 Å². The van der Waals surface area contributed by atoms with E-state index in [4.69, 9.17) is 4.98 Å². The van der Waals surface area contributed by atoms with E-state index in [9.17, 15) is 0 Å². The molecule has 3 heterocycles. The molecule has 8 aromatic carbocycles. The highest BCUT2D eigenvalue weighted by Gasteiger charge is 2.20. The molecule has 0 spiro atoms. The van der Waals surface area contributed by atoms with E-state index in [2.05, 4.69) is 198 Å². The van der Waals surface area contributed by atoms with Crippen molar-refractivity contribution < 1.29 is 0 Å². The molecular weight excluding hydrogens is 667 g/mol. The van der Waals surface area contributed by atoms with Gasteiger partial charge in [-0.05, 0) is 91.6 Å². The summed E-state index contributed by atoms with van der Waals surface area (Å²) in [6.45, 7) is 0. The van der Waals surface area contributed by atoms with Gasteiger partial charge in [0, 0.05) is 45.4 Å². The van der Waals surface area contributed by atoms with E-state index in [-0.39, 0.29) is 0 Å². The summed E-state index contributed by atoms with van der Waals surface area (Å²) < 4.78 is 2.37. The summed E-state index contributed by atoms with van der Waals surface area (Å²) in [5.74, 6) is 0. The van der Waals surface area contributed by atoms with Crippen LogP contribution in [-0.2, 0) is 0 Å². The number of hydrogen-bond donors (Lipinski definition) is 0. The van der Waals surface area contributed by atoms with Crippen LogP contribution in [0.5, 0.6) is 0 Å². The number of nitrogens with zero attached hydrogens (tertiary/aromatic N) is 3. The Morgan fingerprint density at radius 3 is 1.65 bits per heavy atom. The lowest BCUT2D eigenvalue weighted by Crippen LogP contribution is -1.95. The Balaban J connectivity index is 1.15. The summed E-state index contributed by atoms with van der Waals surface area (Å²) in [6, 6.07) is 67.5. The molecule has 0 saturated carbocycles. The van der Waals surface area contributed by atoms with Gasteiger partial charge in [0.1, 0.15) is 0 Å². The minimum absolute atomic E-state index is 0.936. The summed E-state index contributed by atoms with van der Waals surface area (Å²) in [5, 5.41) is 9.55. The normalized spacial score (nSPS) is 11.6. The van der Waals surface area contributed by atoms with E-state index < -0.39 is 0 Å². The van der Waals surface area contributed by atoms with Crippen LogP contribution in [0.1, 0.15) is 0 Å². The lowest BCUT2D eigenvalue weighted by molar-refractivity contribution is 1.18. The lowest BCUT2D eigenvalue weighted by atomic mass is 9.85. The molecule has 256 valence electrons. The summed E-state index contributed by atoms with van der Waals surface area (Å²) >= 11 is 0. The Hall–Kier alpha value is -7.36. The number of hydrogen-bond acceptors (Lipinski definition) is 2. The van der Waals surface area contributed by atoms with E-state index in [0.717, 1.165) is 49.9 Å². The van der Waals surface area contributed by atoms with Gasteiger partial charge >= 0.3 is 0 Å². The van der Waals surface area contributed by atoms with Crippen LogP contribution in [0.4, 0.5) is 0 Å². The number of pyridine rings is 2. The molecule has 3 aromatic heterocycles. The third-order valence-corrected chi connectivity index (χ3v) is 11.1. The molecule has 3 nitrogen and oxygen atoms in total. The van der Waals surface area contributed by atoms with Crippen molar-refractivity contribution in [3.8, 4) is 50.5 Å². The zero-order chi connectivity index (χ0) is 36.3. The van der Waals surface area contributed by atoms with E-state index in [1.54, 1.807) is 0 Å². The zero-order valence-corrected chi connectivity index (χ0v) is 29.9. The van der Waals surface area contributed by atoms with Gasteiger partial charge in [-0.25, -0.2) is 4.98 Å². The van der Waals surface area contributed by atoms with Crippen LogP contribution < -0.4 is 0 Å². The topological polar surface area (TPSA) is 30.7 Å².